The number of nitrogens with zero attached hydrogens (tertiary/aromatic N) is 4. The van der Waals surface area contributed by atoms with Gasteiger partial charge >= 0.3 is 0 Å². The van der Waals surface area contributed by atoms with Crippen LogP contribution in [0.4, 0.5) is 0 Å². The monoisotopic (exact) mass is 324 g/mol. The fraction of sp³-hybridized carbons (Fsp3) is 0.500. The number of aromatic nitrogens is 3. The van der Waals surface area contributed by atoms with E-state index in [4.69, 9.17) is 16.7 Å². The highest BCUT2D eigenvalue weighted by Gasteiger charge is 2.35. The second kappa shape index (κ2) is 5.49. The first-order valence-corrected chi connectivity index (χ1v) is 7.44. The van der Waals surface area contributed by atoms with E-state index in [1.54, 1.807) is 17.3 Å². The molecule has 118 valence electrons. The first-order chi connectivity index (χ1) is 10.4. The number of piperidine rings is 1. The van der Waals surface area contributed by atoms with Gasteiger partial charge in [-0.05, 0) is 25.3 Å². The van der Waals surface area contributed by atoms with Crippen LogP contribution in [-0.4, -0.2) is 60.9 Å². The second-order valence-electron chi connectivity index (χ2n) is 5.74. The Kier molecular flexibility index (Phi) is 3.80. The van der Waals surface area contributed by atoms with E-state index >= 15 is 0 Å². The molecular formula is C14H17ClN4O3. The molecule has 1 aliphatic rings. The Labute approximate surface area is 132 Å². The van der Waals surface area contributed by atoms with Gasteiger partial charge in [-0.3, -0.25) is 4.79 Å². The fourth-order valence-corrected chi connectivity index (χ4v) is 2.83. The van der Waals surface area contributed by atoms with E-state index in [1.165, 1.54) is 4.52 Å². The lowest BCUT2D eigenvalue weighted by Gasteiger charge is -2.36. The Balaban J connectivity index is 1.85. The number of aryl methyl sites for hydroxylation is 1. The molecule has 8 heteroatoms. The van der Waals surface area contributed by atoms with Crippen LogP contribution in [0.1, 0.15) is 28.9 Å². The maximum Gasteiger partial charge on any atom is 0.276 e. The Morgan fingerprint density at radius 2 is 2.14 bits per heavy atom. The molecule has 1 aliphatic heterocycles. The Hall–Kier alpha value is -1.70. The summed E-state index contributed by atoms with van der Waals surface area (Å²) < 4.78 is 1.50. The smallest absolute Gasteiger partial charge is 0.276 e. The minimum atomic E-state index is -1.10. The molecule has 0 radical (unpaired) electrons. The summed E-state index contributed by atoms with van der Waals surface area (Å²) >= 11 is 6.22. The first kappa shape index (κ1) is 15.2. The average Bonchev–Trinajstić information content (AvgIpc) is 2.83. The number of rotatable bonds is 2. The summed E-state index contributed by atoms with van der Waals surface area (Å²) in [6, 6.07) is 0. The van der Waals surface area contributed by atoms with Gasteiger partial charge in [-0.2, -0.15) is 5.10 Å². The number of aliphatic hydroxyl groups is 2. The van der Waals surface area contributed by atoms with Crippen LogP contribution in [0, 0.1) is 6.92 Å². The molecule has 0 atom stereocenters. The molecule has 0 aromatic carbocycles. The molecule has 3 heterocycles. The number of hydrogen-bond donors (Lipinski definition) is 2. The maximum atomic E-state index is 12.6. The van der Waals surface area contributed by atoms with Gasteiger partial charge in [-0.1, -0.05) is 11.6 Å². The SMILES string of the molecule is Cc1cnc2c(Cl)c(C(=O)N3CCC(O)(CO)CC3)nn2c1. The molecule has 1 fully saturated rings. The highest BCUT2D eigenvalue weighted by atomic mass is 35.5. The summed E-state index contributed by atoms with van der Waals surface area (Å²) in [6.07, 6.45) is 4.08. The molecule has 22 heavy (non-hydrogen) atoms. The Bertz CT molecular complexity index is 722. The summed E-state index contributed by atoms with van der Waals surface area (Å²) in [7, 11) is 0. The lowest BCUT2D eigenvalue weighted by molar-refractivity contribution is -0.0546. The van der Waals surface area contributed by atoms with Gasteiger partial charge in [-0.25, -0.2) is 9.50 Å². The lowest BCUT2D eigenvalue weighted by atomic mass is 9.92. The molecule has 2 aromatic rings. The number of aliphatic hydroxyl groups excluding tert-OH is 1. The van der Waals surface area contributed by atoms with Crippen molar-refractivity contribution in [2.75, 3.05) is 19.7 Å². The van der Waals surface area contributed by atoms with Gasteiger partial charge in [0.25, 0.3) is 5.91 Å². The predicted octanol–water partition coefficient (Wildman–Crippen LogP) is 0.651. The third kappa shape index (κ3) is 2.55. The standard InChI is InChI=1S/C14H17ClN4O3/c1-9-6-16-12-10(15)11(17-19(12)7-9)13(21)18-4-2-14(22,8-20)3-5-18/h6-7,20,22H,2-5,8H2,1H3. The Morgan fingerprint density at radius 1 is 1.45 bits per heavy atom. The van der Waals surface area contributed by atoms with E-state index in [9.17, 15) is 9.90 Å². The number of fused-ring (bicyclic) bond motifs is 1. The number of carbonyl (C=O) groups is 1. The molecule has 0 bridgehead atoms. The van der Waals surface area contributed by atoms with Gasteiger partial charge in [0, 0.05) is 25.5 Å². The minimum absolute atomic E-state index is 0.161. The number of amides is 1. The van der Waals surface area contributed by atoms with E-state index in [0.29, 0.717) is 31.6 Å². The summed E-state index contributed by atoms with van der Waals surface area (Å²) in [6.45, 7) is 2.29. The van der Waals surface area contributed by atoms with Crippen molar-refractivity contribution in [3.05, 3.63) is 28.7 Å². The number of carbonyl (C=O) groups excluding carboxylic acids is 1. The van der Waals surface area contributed by atoms with Crippen molar-refractivity contribution in [2.24, 2.45) is 0 Å². The normalized spacial score (nSPS) is 17.9. The second-order valence-corrected chi connectivity index (χ2v) is 6.11. The van der Waals surface area contributed by atoms with Crippen molar-refractivity contribution in [3.63, 3.8) is 0 Å². The molecule has 1 saturated heterocycles. The third-order valence-corrected chi connectivity index (χ3v) is 4.37. The molecule has 3 rings (SSSR count). The van der Waals surface area contributed by atoms with E-state index in [1.807, 2.05) is 6.92 Å². The van der Waals surface area contributed by atoms with Gasteiger partial charge < -0.3 is 15.1 Å². The zero-order valence-corrected chi connectivity index (χ0v) is 12.9. The van der Waals surface area contributed by atoms with Crippen molar-refractivity contribution in [1.29, 1.82) is 0 Å². The summed E-state index contributed by atoms with van der Waals surface area (Å²) in [5.41, 5.74) is 0.420. The predicted molar refractivity (Wildman–Crippen MR) is 79.9 cm³/mol. The molecule has 2 N–H and O–H groups in total. The van der Waals surface area contributed by atoms with Crippen molar-refractivity contribution in [2.45, 2.75) is 25.4 Å². The zero-order valence-electron chi connectivity index (χ0n) is 12.2. The summed E-state index contributed by atoms with van der Waals surface area (Å²) in [5.74, 6) is -0.284. The highest BCUT2D eigenvalue weighted by molar-refractivity contribution is 6.36. The van der Waals surface area contributed by atoms with E-state index in [-0.39, 0.29) is 23.2 Å². The van der Waals surface area contributed by atoms with Crippen molar-refractivity contribution >= 4 is 23.2 Å². The number of likely N-dealkylation sites (tertiary alicyclic amines) is 1. The van der Waals surface area contributed by atoms with Crippen LogP contribution in [-0.2, 0) is 0 Å². The van der Waals surface area contributed by atoms with Crippen LogP contribution in [0.3, 0.4) is 0 Å². The fourth-order valence-electron chi connectivity index (χ4n) is 2.57. The van der Waals surface area contributed by atoms with Crippen LogP contribution >= 0.6 is 11.6 Å². The van der Waals surface area contributed by atoms with E-state index < -0.39 is 5.60 Å². The van der Waals surface area contributed by atoms with Crippen molar-refractivity contribution in [1.82, 2.24) is 19.5 Å². The molecule has 7 nitrogen and oxygen atoms in total. The quantitative estimate of drug-likeness (QED) is 0.846. The molecule has 0 spiro atoms. The minimum Gasteiger partial charge on any atom is -0.393 e. The van der Waals surface area contributed by atoms with Crippen molar-refractivity contribution < 1.29 is 15.0 Å². The first-order valence-electron chi connectivity index (χ1n) is 7.06. The Morgan fingerprint density at radius 3 is 2.77 bits per heavy atom. The average molecular weight is 325 g/mol. The van der Waals surface area contributed by atoms with Gasteiger partial charge in [0.15, 0.2) is 11.3 Å². The maximum absolute atomic E-state index is 12.6. The topological polar surface area (TPSA) is 91.0 Å². The summed E-state index contributed by atoms with van der Waals surface area (Å²) in [4.78, 5) is 18.3. The highest BCUT2D eigenvalue weighted by Crippen LogP contribution is 2.26. The third-order valence-electron chi connectivity index (χ3n) is 4.02. The molecular weight excluding hydrogens is 308 g/mol. The molecule has 1 amide bonds. The molecule has 2 aromatic heterocycles. The largest absolute Gasteiger partial charge is 0.393 e. The van der Waals surface area contributed by atoms with Gasteiger partial charge in [0.2, 0.25) is 0 Å². The summed E-state index contributed by atoms with van der Waals surface area (Å²) in [5, 5.41) is 23.6. The van der Waals surface area contributed by atoms with Crippen LogP contribution in [0.5, 0.6) is 0 Å². The van der Waals surface area contributed by atoms with Crippen molar-refractivity contribution in [3.8, 4) is 0 Å². The van der Waals surface area contributed by atoms with E-state index in [0.717, 1.165) is 5.56 Å². The lowest BCUT2D eigenvalue weighted by Crippen LogP contribution is -2.48. The van der Waals surface area contributed by atoms with Gasteiger partial charge in [-0.15, -0.1) is 0 Å². The van der Waals surface area contributed by atoms with Crippen LogP contribution < -0.4 is 0 Å². The van der Waals surface area contributed by atoms with Gasteiger partial charge in [0.05, 0.1) is 12.2 Å². The van der Waals surface area contributed by atoms with Crippen LogP contribution in [0.15, 0.2) is 12.4 Å². The van der Waals surface area contributed by atoms with Crippen LogP contribution in [0.2, 0.25) is 5.02 Å². The molecule has 0 aliphatic carbocycles. The number of hydrogen-bond acceptors (Lipinski definition) is 5. The van der Waals surface area contributed by atoms with Crippen LogP contribution in [0.25, 0.3) is 5.65 Å². The van der Waals surface area contributed by atoms with Gasteiger partial charge in [0.1, 0.15) is 5.02 Å². The molecule has 0 unspecified atom stereocenters. The van der Waals surface area contributed by atoms with E-state index in [2.05, 4.69) is 10.1 Å². The zero-order chi connectivity index (χ0) is 15.9. The molecule has 0 saturated carbocycles. The number of halogens is 1.